The van der Waals surface area contributed by atoms with E-state index < -0.39 is 0 Å². The van der Waals surface area contributed by atoms with Crippen LogP contribution in [0, 0.1) is 5.92 Å². The summed E-state index contributed by atoms with van der Waals surface area (Å²) in [6.45, 7) is 6.54. The molecule has 1 fully saturated rings. The van der Waals surface area contributed by atoms with Gasteiger partial charge in [-0.1, -0.05) is 22.9 Å². The molecule has 0 saturated carbocycles. The molecule has 0 spiro atoms. The Kier molecular flexibility index (Phi) is 4.99. The average Bonchev–Trinajstić information content (AvgIpc) is 2.41. The molecule has 1 atom stereocenters. The van der Waals surface area contributed by atoms with Crippen molar-refractivity contribution in [2.24, 2.45) is 5.92 Å². The molecule has 1 aromatic rings. The minimum atomic E-state index is 0.0242. The lowest BCUT2D eigenvalue weighted by Gasteiger charge is -2.31. The third-order valence-electron chi connectivity index (χ3n) is 4.03. The first-order valence-corrected chi connectivity index (χ1v) is 7.76. The number of quaternary nitrogens is 1. The molecule has 0 aliphatic carbocycles. The number of likely N-dealkylation sites (tertiary alicyclic amines) is 1. The van der Waals surface area contributed by atoms with Gasteiger partial charge in [0.2, 0.25) is 0 Å². The van der Waals surface area contributed by atoms with E-state index in [-0.39, 0.29) is 11.9 Å². The molecule has 2 N–H and O–H groups in total. The van der Waals surface area contributed by atoms with Crippen molar-refractivity contribution < 1.29 is 9.69 Å². The molecule has 104 valence electrons. The molecule has 0 bridgehead atoms. The van der Waals surface area contributed by atoms with Gasteiger partial charge in [-0.15, -0.1) is 0 Å². The van der Waals surface area contributed by atoms with E-state index in [0.29, 0.717) is 0 Å². The van der Waals surface area contributed by atoms with Crippen LogP contribution in [-0.2, 0) is 4.79 Å². The number of benzene rings is 1. The molecule has 1 aliphatic rings. The van der Waals surface area contributed by atoms with Crippen molar-refractivity contribution in [2.75, 3.05) is 18.4 Å². The van der Waals surface area contributed by atoms with Gasteiger partial charge in [0.1, 0.15) is 0 Å². The molecule has 1 aromatic carbocycles. The summed E-state index contributed by atoms with van der Waals surface area (Å²) in [7, 11) is 0. The number of amides is 1. The Bertz CT molecular complexity index is 424. The predicted octanol–water partition coefficient (Wildman–Crippen LogP) is 2.09. The number of carbonyl (C=O) groups excluding carboxylic acids is 1. The van der Waals surface area contributed by atoms with Crippen LogP contribution in [-0.4, -0.2) is 25.0 Å². The summed E-state index contributed by atoms with van der Waals surface area (Å²) in [6.07, 6.45) is 2.45. The fraction of sp³-hybridized carbons (Fsp3) is 0.533. The molecular formula is C15H22BrN2O+. The van der Waals surface area contributed by atoms with Crippen molar-refractivity contribution in [3.8, 4) is 0 Å². The molecule has 0 unspecified atom stereocenters. The lowest BCUT2D eigenvalue weighted by Crippen LogP contribution is -3.17. The number of piperidine rings is 1. The number of rotatable bonds is 3. The van der Waals surface area contributed by atoms with E-state index >= 15 is 0 Å². The van der Waals surface area contributed by atoms with Crippen LogP contribution < -0.4 is 10.2 Å². The van der Waals surface area contributed by atoms with Crippen LogP contribution in [0.1, 0.15) is 26.7 Å². The number of hydrogen-bond donors (Lipinski definition) is 2. The van der Waals surface area contributed by atoms with Gasteiger partial charge >= 0.3 is 0 Å². The summed E-state index contributed by atoms with van der Waals surface area (Å²) >= 11 is 3.39. The van der Waals surface area contributed by atoms with Crippen LogP contribution in [0.15, 0.2) is 28.7 Å². The summed E-state index contributed by atoms with van der Waals surface area (Å²) in [6, 6.07) is 7.74. The van der Waals surface area contributed by atoms with E-state index in [2.05, 4.69) is 28.2 Å². The highest BCUT2D eigenvalue weighted by molar-refractivity contribution is 9.10. The number of nitrogens with one attached hydrogen (secondary N) is 2. The third-order valence-corrected chi connectivity index (χ3v) is 4.56. The van der Waals surface area contributed by atoms with Crippen LogP contribution >= 0.6 is 15.9 Å². The van der Waals surface area contributed by atoms with E-state index in [1.54, 1.807) is 0 Å². The van der Waals surface area contributed by atoms with Crippen molar-refractivity contribution in [2.45, 2.75) is 32.7 Å². The molecule has 1 heterocycles. The summed E-state index contributed by atoms with van der Waals surface area (Å²) < 4.78 is 1.02. The Morgan fingerprint density at radius 2 is 1.89 bits per heavy atom. The van der Waals surface area contributed by atoms with Crippen LogP contribution in [0.2, 0.25) is 0 Å². The van der Waals surface area contributed by atoms with Gasteiger partial charge in [-0.05, 0) is 49.9 Å². The highest BCUT2D eigenvalue weighted by Crippen LogP contribution is 2.14. The van der Waals surface area contributed by atoms with Crippen LogP contribution in [0.4, 0.5) is 5.69 Å². The summed E-state index contributed by atoms with van der Waals surface area (Å²) in [5.41, 5.74) is 0.866. The quantitative estimate of drug-likeness (QED) is 0.876. The van der Waals surface area contributed by atoms with E-state index in [4.69, 9.17) is 0 Å². The molecule has 1 saturated heterocycles. The summed E-state index contributed by atoms with van der Waals surface area (Å²) in [5.74, 6) is 0.928. The van der Waals surface area contributed by atoms with Crippen LogP contribution in [0.3, 0.4) is 0 Å². The third kappa shape index (κ3) is 4.05. The molecule has 1 amide bonds. The fourth-order valence-corrected chi connectivity index (χ4v) is 2.80. The number of anilines is 1. The second-order valence-corrected chi connectivity index (χ2v) is 6.47. The van der Waals surface area contributed by atoms with E-state index in [1.165, 1.54) is 17.7 Å². The molecule has 19 heavy (non-hydrogen) atoms. The molecule has 3 nitrogen and oxygen atoms in total. The molecule has 4 heteroatoms. The molecule has 2 rings (SSSR count). The normalized spacial score (nSPS) is 24.8. The van der Waals surface area contributed by atoms with Crippen molar-refractivity contribution in [1.29, 1.82) is 0 Å². The lowest BCUT2D eigenvalue weighted by molar-refractivity contribution is -0.919. The first-order valence-electron chi connectivity index (χ1n) is 6.97. The van der Waals surface area contributed by atoms with Gasteiger partial charge in [0.15, 0.2) is 6.04 Å². The second kappa shape index (κ2) is 6.53. The maximum Gasteiger partial charge on any atom is 0.282 e. The van der Waals surface area contributed by atoms with Crippen molar-refractivity contribution >= 4 is 27.5 Å². The molecular weight excluding hydrogens is 304 g/mol. The Hall–Kier alpha value is -0.870. The summed E-state index contributed by atoms with van der Waals surface area (Å²) in [4.78, 5) is 13.6. The summed E-state index contributed by atoms with van der Waals surface area (Å²) in [5, 5.41) is 3.00. The zero-order chi connectivity index (χ0) is 13.8. The van der Waals surface area contributed by atoms with Crippen molar-refractivity contribution in [3.05, 3.63) is 28.7 Å². The highest BCUT2D eigenvalue weighted by atomic mass is 79.9. The predicted molar refractivity (Wildman–Crippen MR) is 81.3 cm³/mol. The topological polar surface area (TPSA) is 33.5 Å². The van der Waals surface area contributed by atoms with Crippen molar-refractivity contribution in [3.63, 3.8) is 0 Å². The maximum atomic E-state index is 12.2. The fourth-order valence-electron chi connectivity index (χ4n) is 2.54. The van der Waals surface area contributed by atoms with Gasteiger partial charge in [-0.3, -0.25) is 4.79 Å². The van der Waals surface area contributed by atoms with E-state index in [9.17, 15) is 4.79 Å². The number of carbonyl (C=O) groups is 1. The van der Waals surface area contributed by atoms with Crippen LogP contribution in [0.25, 0.3) is 0 Å². The van der Waals surface area contributed by atoms with Gasteiger partial charge in [-0.2, -0.15) is 0 Å². The Balaban J connectivity index is 1.90. The monoisotopic (exact) mass is 325 g/mol. The molecule has 0 radical (unpaired) electrons. The van der Waals surface area contributed by atoms with Gasteiger partial charge in [0, 0.05) is 10.2 Å². The molecule has 1 aliphatic heterocycles. The first kappa shape index (κ1) is 14.5. The Morgan fingerprint density at radius 1 is 1.32 bits per heavy atom. The highest BCUT2D eigenvalue weighted by Gasteiger charge is 2.28. The largest absolute Gasteiger partial charge is 0.325 e. The average molecular weight is 326 g/mol. The van der Waals surface area contributed by atoms with Gasteiger partial charge in [-0.25, -0.2) is 0 Å². The Labute approximate surface area is 123 Å². The smallest absolute Gasteiger partial charge is 0.282 e. The zero-order valence-corrected chi connectivity index (χ0v) is 13.2. The van der Waals surface area contributed by atoms with E-state index in [0.717, 1.165) is 29.2 Å². The first-order chi connectivity index (χ1) is 9.06. The minimum absolute atomic E-state index is 0.0242. The zero-order valence-electron chi connectivity index (χ0n) is 11.6. The van der Waals surface area contributed by atoms with Crippen molar-refractivity contribution in [1.82, 2.24) is 0 Å². The van der Waals surface area contributed by atoms with Gasteiger partial charge in [0.05, 0.1) is 13.1 Å². The van der Waals surface area contributed by atoms with Gasteiger partial charge in [0.25, 0.3) is 5.91 Å². The van der Waals surface area contributed by atoms with E-state index in [1.807, 2.05) is 31.2 Å². The minimum Gasteiger partial charge on any atom is -0.325 e. The lowest BCUT2D eigenvalue weighted by atomic mass is 9.98. The van der Waals surface area contributed by atoms with Gasteiger partial charge < -0.3 is 10.2 Å². The number of hydrogen-bond acceptors (Lipinski definition) is 1. The SMILES string of the molecule is CC1CC[NH+]([C@@H](C)C(=O)Nc2ccc(Br)cc2)CC1. The Morgan fingerprint density at radius 3 is 2.47 bits per heavy atom. The van der Waals surface area contributed by atoms with Crippen LogP contribution in [0.5, 0.6) is 0 Å². The maximum absolute atomic E-state index is 12.2. The second-order valence-electron chi connectivity index (χ2n) is 5.56. The molecule has 0 aromatic heterocycles. The number of halogens is 1. The standard InChI is InChI=1S/C15H21BrN2O/c1-11-7-9-18(10-8-11)12(2)15(19)17-14-5-3-13(16)4-6-14/h3-6,11-12H,7-10H2,1-2H3,(H,17,19)/p+1/t12-/m0/s1.